The van der Waals surface area contributed by atoms with Crippen LogP contribution in [-0.2, 0) is 17.4 Å². The molecule has 0 fully saturated rings. The highest BCUT2D eigenvalue weighted by Crippen LogP contribution is 2.36. The second-order valence-electron chi connectivity index (χ2n) is 7.46. The van der Waals surface area contributed by atoms with E-state index < -0.39 is 7.37 Å². The highest BCUT2D eigenvalue weighted by molar-refractivity contribution is 7.57. The Bertz CT molecular complexity index is 780. The van der Waals surface area contributed by atoms with E-state index >= 15 is 0 Å². The van der Waals surface area contributed by atoms with Crippen LogP contribution in [0.15, 0.2) is 30.3 Å². The number of rotatable bonds is 6. The third kappa shape index (κ3) is 5.45. The monoisotopic (exact) mass is 360 g/mol. The van der Waals surface area contributed by atoms with Crippen molar-refractivity contribution >= 4 is 7.37 Å². The van der Waals surface area contributed by atoms with Crippen molar-refractivity contribution < 1.29 is 14.6 Å². The molecule has 0 amide bonds. The van der Waals surface area contributed by atoms with Gasteiger partial charge in [0.1, 0.15) is 5.75 Å². The Labute approximate surface area is 151 Å². The molecular formula is C21H29O3P. The van der Waals surface area contributed by atoms with Gasteiger partial charge < -0.3 is 10.00 Å². The van der Waals surface area contributed by atoms with Crippen molar-refractivity contribution in [3.63, 3.8) is 0 Å². The molecule has 25 heavy (non-hydrogen) atoms. The summed E-state index contributed by atoms with van der Waals surface area (Å²) in [7, 11) is -2.97. The number of benzene rings is 2. The SMILES string of the molecule is Cc1cc(CCP(C)(=O)O)cc(C)c1Cc1ccc(O)c(C(C)C)c1. The van der Waals surface area contributed by atoms with Crippen LogP contribution in [0.3, 0.4) is 0 Å². The second-order valence-corrected chi connectivity index (χ2v) is 10.0. The molecule has 2 rings (SSSR count). The molecule has 0 saturated heterocycles. The normalized spacial score (nSPS) is 13.9. The van der Waals surface area contributed by atoms with Gasteiger partial charge in [0.15, 0.2) is 7.37 Å². The van der Waals surface area contributed by atoms with E-state index in [-0.39, 0.29) is 5.92 Å². The number of hydrogen-bond donors (Lipinski definition) is 2. The standard InChI is InChI=1S/C21H29O3P/c1-14(2)19-12-17(6-7-21(19)22)13-20-15(3)10-18(11-16(20)4)8-9-25(5,23)24/h6-7,10-12,14,22H,8-9,13H2,1-5H3,(H,23,24). The van der Waals surface area contributed by atoms with Crippen LogP contribution in [0.2, 0.25) is 0 Å². The second kappa shape index (κ2) is 7.76. The zero-order chi connectivity index (χ0) is 18.8. The summed E-state index contributed by atoms with van der Waals surface area (Å²) in [5.41, 5.74) is 6.98. The Kier molecular flexibility index (Phi) is 6.13. The molecule has 0 spiro atoms. The first-order chi connectivity index (χ1) is 11.6. The lowest BCUT2D eigenvalue weighted by atomic mass is 9.91. The molecule has 0 bridgehead atoms. The molecule has 0 aliphatic heterocycles. The average Bonchev–Trinajstić information content (AvgIpc) is 2.49. The van der Waals surface area contributed by atoms with Crippen molar-refractivity contribution in [1.29, 1.82) is 0 Å². The lowest BCUT2D eigenvalue weighted by Crippen LogP contribution is -2.01. The minimum absolute atomic E-state index is 0.285. The van der Waals surface area contributed by atoms with Crippen LogP contribution >= 0.6 is 7.37 Å². The number of aromatic hydroxyl groups is 1. The highest BCUT2D eigenvalue weighted by atomic mass is 31.2. The highest BCUT2D eigenvalue weighted by Gasteiger charge is 2.13. The van der Waals surface area contributed by atoms with Gasteiger partial charge in [0.2, 0.25) is 0 Å². The first-order valence-electron chi connectivity index (χ1n) is 8.77. The van der Waals surface area contributed by atoms with Crippen LogP contribution in [-0.4, -0.2) is 22.8 Å². The molecule has 4 heteroatoms. The Morgan fingerprint density at radius 2 is 1.64 bits per heavy atom. The number of aryl methyl sites for hydroxylation is 3. The fourth-order valence-electron chi connectivity index (χ4n) is 3.22. The van der Waals surface area contributed by atoms with Gasteiger partial charge in [0, 0.05) is 12.8 Å². The lowest BCUT2D eigenvalue weighted by Gasteiger charge is -2.15. The summed E-state index contributed by atoms with van der Waals surface area (Å²) in [6, 6.07) is 10.1. The third-order valence-corrected chi connectivity index (χ3v) is 5.72. The van der Waals surface area contributed by atoms with Crippen LogP contribution in [0.25, 0.3) is 0 Å². The fraction of sp³-hybridized carbons (Fsp3) is 0.429. The summed E-state index contributed by atoms with van der Waals surface area (Å²) in [6.07, 6.45) is 1.77. The van der Waals surface area contributed by atoms with Crippen LogP contribution in [0.5, 0.6) is 5.75 Å². The summed E-state index contributed by atoms with van der Waals surface area (Å²) in [6.45, 7) is 9.77. The molecule has 0 saturated carbocycles. The quantitative estimate of drug-likeness (QED) is 0.699. The molecule has 0 aliphatic carbocycles. The number of phenols is 1. The van der Waals surface area contributed by atoms with E-state index in [9.17, 15) is 14.6 Å². The first-order valence-corrected chi connectivity index (χ1v) is 11.1. The van der Waals surface area contributed by atoms with E-state index in [2.05, 4.69) is 45.9 Å². The van der Waals surface area contributed by atoms with Crippen molar-refractivity contribution in [3.05, 3.63) is 63.7 Å². The molecule has 1 unspecified atom stereocenters. The van der Waals surface area contributed by atoms with E-state index in [1.165, 1.54) is 28.9 Å². The van der Waals surface area contributed by atoms with Crippen molar-refractivity contribution in [3.8, 4) is 5.75 Å². The number of hydrogen-bond acceptors (Lipinski definition) is 2. The Morgan fingerprint density at radius 1 is 1.04 bits per heavy atom. The van der Waals surface area contributed by atoms with Crippen LogP contribution < -0.4 is 0 Å². The maximum absolute atomic E-state index is 11.5. The van der Waals surface area contributed by atoms with Gasteiger partial charge in [-0.15, -0.1) is 0 Å². The molecule has 3 nitrogen and oxygen atoms in total. The van der Waals surface area contributed by atoms with Gasteiger partial charge in [-0.05, 0) is 72.1 Å². The van der Waals surface area contributed by atoms with Crippen LogP contribution in [0.4, 0.5) is 0 Å². The van der Waals surface area contributed by atoms with Crippen molar-refractivity contribution in [2.45, 2.75) is 46.5 Å². The third-order valence-electron chi connectivity index (χ3n) is 4.67. The minimum Gasteiger partial charge on any atom is -0.508 e. The van der Waals surface area contributed by atoms with Gasteiger partial charge in [-0.3, -0.25) is 4.57 Å². The molecule has 2 aromatic rings. The predicted molar refractivity (Wildman–Crippen MR) is 105 cm³/mol. The molecule has 0 aliphatic rings. The van der Waals surface area contributed by atoms with E-state index in [4.69, 9.17) is 0 Å². The lowest BCUT2D eigenvalue weighted by molar-refractivity contribution is 0.464. The molecule has 136 valence electrons. The van der Waals surface area contributed by atoms with Crippen LogP contribution in [0, 0.1) is 13.8 Å². The predicted octanol–water partition coefficient (Wildman–Crippen LogP) is 5.17. The van der Waals surface area contributed by atoms with Gasteiger partial charge in [-0.1, -0.05) is 38.1 Å². The van der Waals surface area contributed by atoms with Crippen molar-refractivity contribution in [1.82, 2.24) is 0 Å². The Morgan fingerprint density at radius 3 is 2.16 bits per heavy atom. The van der Waals surface area contributed by atoms with Gasteiger partial charge in [0.05, 0.1) is 0 Å². The van der Waals surface area contributed by atoms with E-state index in [1.54, 1.807) is 6.07 Å². The summed E-state index contributed by atoms with van der Waals surface area (Å²) in [4.78, 5) is 9.50. The zero-order valence-corrected chi connectivity index (χ0v) is 16.7. The summed E-state index contributed by atoms with van der Waals surface area (Å²) in [5.74, 6) is 0.642. The minimum atomic E-state index is -2.97. The van der Waals surface area contributed by atoms with Gasteiger partial charge in [-0.2, -0.15) is 0 Å². The van der Waals surface area contributed by atoms with Gasteiger partial charge in [0.25, 0.3) is 0 Å². The van der Waals surface area contributed by atoms with Crippen molar-refractivity contribution in [2.75, 3.05) is 12.8 Å². The molecule has 1 atom stereocenters. The topological polar surface area (TPSA) is 57.5 Å². The summed E-state index contributed by atoms with van der Waals surface area (Å²) >= 11 is 0. The van der Waals surface area contributed by atoms with E-state index in [0.29, 0.717) is 18.3 Å². The number of phenolic OH excluding ortho intramolecular Hbond substituents is 1. The fourth-order valence-corrected chi connectivity index (χ4v) is 3.90. The first kappa shape index (κ1) is 19.8. The summed E-state index contributed by atoms with van der Waals surface area (Å²) < 4.78 is 11.5. The average molecular weight is 360 g/mol. The smallest absolute Gasteiger partial charge is 0.197 e. The van der Waals surface area contributed by atoms with E-state index in [0.717, 1.165) is 17.5 Å². The molecule has 2 N–H and O–H groups in total. The van der Waals surface area contributed by atoms with Gasteiger partial charge >= 0.3 is 0 Å². The van der Waals surface area contributed by atoms with E-state index in [1.807, 2.05) is 6.07 Å². The molecule has 0 radical (unpaired) electrons. The maximum atomic E-state index is 11.5. The molecule has 0 aromatic heterocycles. The largest absolute Gasteiger partial charge is 0.508 e. The summed E-state index contributed by atoms with van der Waals surface area (Å²) in [5, 5.41) is 10.00. The zero-order valence-electron chi connectivity index (χ0n) is 15.8. The maximum Gasteiger partial charge on any atom is 0.197 e. The molecule has 2 aromatic carbocycles. The van der Waals surface area contributed by atoms with Crippen LogP contribution in [0.1, 0.15) is 53.1 Å². The molecular weight excluding hydrogens is 331 g/mol. The van der Waals surface area contributed by atoms with Crippen molar-refractivity contribution in [2.24, 2.45) is 0 Å². The molecule has 0 heterocycles. The Balaban J connectivity index is 2.26. The Hall–Kier alpha value is -1.57. The van der Waals surface area contributed by atoms with Gasteiger partial charge in [-0.25, -0.2) is 0 Å².